The van der Waals surface area contributed by atoms with Crippen molar-refractivity contribution in [2.75, 3.05) is 0 Å². The molecular formula is C25H48O4. The molecule has 0 aliphatic rings. The molecule has 0 fully saturated rings. The molecule has 0 amide bonds. The van der Waals surface area contributed by atoms with Crippen molar-refractivity contribution in [3.05, 3.63) is 0 Å². The predicted molar refractivity (Wildman–Crippen MR) is 121 cm³/mol. The van der Waals surface area contributed by atoms with Crippen LogP contribution in [0.2, 0.25) is 0 Å². The van der Waals surface area contributed by atoms with E-state index < -0.39 is 11.9 Å². The molecular weight excluding hydrogens is 364 g/mol. The molecule has 0 aromatic rings. The van der Waals surface area contributed by atoms with Gasteiger partial charge < -0.3 is 10.2 Å². The molecule has 0 heterocycles. The number of aliphatic hydroxyl groups is 1. The van der Waals surface area contributed by atoms with Gasteiger partial charge in [0.2, 0.25) is 0 Å². The van der Waals surface area contributed by atoms with Crippen molar-refractivity contribution in [1.82, 2.24) is 0 Å². The van der Waals surface area contributed by atoms with Gasteiger partial charge in [-0.2, -0.15) is 0 Å². The zero-order valence-electron chi connectivity index (χ0n) is 19.5. The van der Waals surface area contributed by atoms with Crippen LogP contribution in [0, 0.1) is 11.8 Å². The van der Waals surface area contributed by atoms with Gasteiger partial charge in [-0.15, -0.1) is 0 Å². The van der Waals surface area contributed by atoms with Crippen LogP contribution in [0.25, 0.3) is 0 Å². The van der Waals surface area contributed by atoms with Crippen LogP contribution in [0.1, 0.15) is 130 Å². The Labute approximate surface area is 179 Å². The largest absolute Gasteiger partial charge is 0.481 e. The molecule has 4 nitrogen and oxygen atoms in total. The van der Waals surface area contributed by atoms with E-state index in [0.717, 1.165) is 38.5 Å². The molecule has 0 radical (unpaired) electrons. The highest BCUT2D eigenvalue weighted by Gasteiger charge is 2.24. The van der Waals surface area contributed by atoms with E-state index in [1.807, 2.05) is 0 Å². The molecule has 0 aromatic carbocycles. The van der Waals surface area contributed by atoms with Crippen LogP contribution in [0.5, 0.6) is 0 Å². The van der Waals surface area contributed by atoms with Gasteiger partial charge in [0, 0.05) is 6.42 Å². The molecule has 2 N–H and O–H groups in total. The van der Waals surface area contributed by atoms with Gasteiger partial charge in [0.1, 0.15) is 11.7 Å². The predicted octanol–water partition coefficient (Wildman–Crippen LogP) is 6.92. The second-order valence-corrected chi connectivity index (χ2v) is 8.94. The highest BCUT2D eigenvalue weighted by molar-refractivity contribution is 5.97. The fraction of sp³-hybridized carbons (Fsp3) is 0.920. The molecule has 0 rings (SSSR count). The Balaban J connectivity index is 4.29. The van der Waals surface area contributed by atoms with Crippen molar-refractivity contribution in [3.63, 3.8) is 0 Å². The number of carboxylic acid groups (broad SMARTS) is 1. The molecule has 0 spiro atoms. The van der Waals surface area contributed by atoms with Crippen LogP contribution in [-0.4, -0.2) is 28.1 Å². The summed E-state index contributed by atoms with van der Waals surface area (Å²) in [7, 11) is 0. The topological polar surface area (TPSA) is 74.6 Å². The molecule has 0 saturated heterocycles. The smallest absolute Gasteiger partial charge is 0.313 e. The maximum Gasteiger partial charge on any atom is 0.313 e. The molecule has 3 unspecified atom stereocenters. The number of unbranched alkanes of at least 4 members (excludes halogenated alkanes) is 10. The summed E-state index contributed by atoms with van der Waals surface area (Å²) in [5.41, 5.74) is 0. The maximum absolute atomic E-state index is 12.3. The summed E-state index contributed by atoms with van der Waals surface area (Å²) in [6.07, 6.45) is 18.1. The van der Waals surface area contributed by atoms with Gasteiger partial charge >= 0.3 is 5.97 Å². The standard InChI is InChI=1S/C25H48O4/c1-4-6-8-10-11-13-14-16-22(20-24(27)21(3)25(28)29)18-19-23(26)17-15-12-9-7-5-2/h21-23,26H,4-20H2,1-3H3,(H,28,29). The Morgan fingerprint density at radius 1 is 0.690 bits per heavy atom. The van der Waals surface area contributed by atoms with Crippen molar-refractivity contribution in [2.24, 2.45) is 11.8 Å². The van der Waals surface area contributed by atoms with Crippen molar-refractivity contribution in [2.45, 2.75) is 136 Å². The van der Waals surface area contributed by atoms with Crippen molar-refractivity contribution in [3.8, 4) is 0 Å². The molecule has 3 atom stereocenters. The first-order valence-electron chi connectivity index (χ1n) is 12.4. The van der Waals surface area contributed by atoms with E-state index >= 15 is 0 Å². The zero-order valence-corrected chi connectivity index (χ0v) is 19.5. The van der Waals surface area contributed by atoms with E-state index in [4.69, 9.17) is 5.11 Å². The van der Waals surface area contributed by atoms with Gasteiger partial charge in [-0.05, 0) is 32.1 Å². The summed E-state index contributed by atoms with van der Waals surface area (Å²) < 4.78 is 0. The molecule has 0 aliphatic carbocycles. The number of carbonyl (C=O) groups excluding carboxylic acids is 1. The van der Waals surface area contributed by atoms with E-state index in [1.54, 1.807) is 0 Å². The quantitative estimate of drug-likeness (QED) is 0.158. The van der Waals surface area contributed by atoms with Crippen LogP contribution >= 0.6 is 0 Å². The van der Waals surface area contributed by atoms with Gasteiger partial charge in [-0.25, -0.2) is 0 Å². The van der Waals surface area contributed by atoms with E-state index in [-0.39, 0.29) is 17.8 Å². The molecule has 0 aromatic heterocycles. The summed E-state index contributed by atoms with van der Waals surface area (Å²) >= 11 is 0. The van der Waals surface area contributed by atoms with Gasteiger partial charge in [-0.3, -0.25) is 9.59 Å². The van der Waals surface area contributed by atoms with Gasteiger partial charge in [0.05, 0.1) is 6.10 Å². The highest BCUT2D eigenvalue weighted by atomic mass is 16.4. The normalized spacial score (nSPS) is 14.5. The van der Waals surface area contributed by atoms with Gasteiger partial charge in [-0.1, -0.05) is 97.3 Å². The molecule has 29 heavy (non-hydrogen) atoms. The lowest BCUT2D eigenvalue weighted by Crippen LogP contribution is -2.23. The highest BCUT2D eigenvalue weighted by Crippen LogP contribution is 2.24. The monoisotopic (exact) mass is 412 g/mol. The van der Waals surface area contributed by atoms with E-state index in [0.29, 0.717) is 6.42 Å². The van der Waals surface area contributed by atoms with Crippen LogP contribution in [0.4, 0.5) is 0 Å². The second-order valence-electron chi connectivity index (χ2n) is 8.94. The number of Topliss-reactive ketones (excluding diaryl/α,β-unsaturated/α-hetero) is 1. The number of hydrogen-bond donors (Lipinski definition) is 2. The number of rotatable bonds is 21. The van der Waals surface area contributed by atoms with Crippen molar-refractivity contribution in [1.29, 1.82) is 0 Å². The van der Waals surface area contributed by atoms with Gasteiger partial charge in [0.25, 0.3) is 0 Å². The number of ketones is 1. The Kier molecular flexibility index (Phi) is 18.5. The van der Waals surface area contributed by atoms with Gasteiger partial charge in [0.15, 0.2) is 0 Å². The minimum absolute atomic E-state index is 0.167. The average molecular weight is 413 g/mol. The van der Waals surface area contributed by atoms with Crippen LogP contribution in [0.15, 0.2) is 0 Å². The van der Waals surface area contributed by atoms with E-state index in [2.05, 4.69) is 13.8 Å². The lowest BCUT2D eigenvalue weighted by atomic mass is 9.87. The lowest BCUT2D eigenvalue weighted by molar-refractivity contribution is -0.145. The first kappa shape index (κ1) is 28.1. The Bertz CT molecular complexity index is 408. The molecule has 172 valence electrons. The molecule has 4 heteroatoms. The molecule has 0 saturated carbocycles. The third-order valence-corrected chi connectivity index (χ3v) is 6.11. The number of aliphatic carboxylic acids is 1. The van der Waals surface area contributed by atoms with E-state index in [1.165, 1.54) is 71.1 Å². The lowest BCUT2D eigenvalue weighted by Gasteiger charge is -2.19. The third-order valence-electron chi connectivity index (χ3n) is 6.11. The SMILES string of the molecule is CCCCCCCCCC(CCC(O)CCCCCCC)CC(=O)C(C)C(=O)O. The summed E-state index contributed by atoms with van der Waals surface area (Å²) in [5, 5.41) is 19.4. The summed E-state index contributed by atoms with van der Waals surface area (Å²) in [5.74, 6) is -1.92. The van der Waals surface area contributed by atoms with Crippen molar-refractivity contribution >= 4 is 11.8 Å². The average Bonchev–Trinajstić information content (AvgIpc) is 2.70. The first-order valence-corrected chi connectivity index (χ1v) is 12.4. The molecule has 0 bridgehead atoms. The minimum Gasteiger partial charge on any atom is -0.481 e. The first-order chi connectivity index (χ1) is 13.9. The summed E-state index contributed by atoms with van der Waals surface area (Å²) in [6.45, 7) is 5.91. The number of carboxylic acids is 1. The van der Waals surface area contributed by atoms with E-state index in [9.17, 15) is 14.7 Å². The van der Waals surface area contributed by atoms with Crippen LogP contribution in [-0.2, 0) is 9.59 Å². The maximum atomic E-state index is 12.3. The number of carbonyl (C=O) groups is 2. The fourth-order valence-corrected chi connectivity index (χ4v) is 3.89. The minimum atomic E-state index is -1.03. The van der Waals surface area contributed by atoms with Crippen LogP contribution < -0.4 is 0 Å². The second kappa shape index (κ2) is 19.1. The Hall–Kier alpha value is -0.900. The van der Waals surface area contributed by atoms with Crippen molar-refractivity contribution < 1.29 is 19.8 Å². The summed E-state index contributed by atoms with van der Waals surface area (Å²) in [6, 6.07) is 0. The summed E-state index contributed by atoms with van der Waals surface area (Å²) in [4.78, 5) is 23.4. The number of aliphatic hydroxyl groups excluding tert-OH is 1. The Morgan fingerprint density at radius 3 is 1.69 bits per heavy atom. The molecule has 0 aliphatic heterocycles. The zero-order chi connectivity index (χ0) is 21.9. The Morgan fingerprint density at radius 2 is 1.17 bits per heavy atom. The fourth-order valence-electron chi connectivity index (χ4n) is 3.89. The van der Waals surface area contributed by atoms with Crippen LogP contribution in [0.3, 0.4) is 0 Å². The third kappa shape index (κ3) is 16.6. The number of hydrogen-bond acceptors (Lipinski definition) is 3.